The second kappa shape index (κ2) is 9.58. The topological polar surface area (TPSA) is 81.4 Å². The molecule has 0 unspecified atom stereocenters. The molecule has 0 atom stereocenters. The Kier molecular flexibility index (Phi) is 6.62. The molecule has 0 fully saturated rings. The fourth-order valence-electron chi connectivity index (χ4n) is 3.12. The third kappa shape index (κ3) is 4.87. The summed E-state index contributed by atoms with van der Waals surface area (Å²) in [5.41, 5.74) is 1.65. The summed E-state index contributed by atoms with van der Waals surface area (Å²) >= 11 is 3.43. The summed E-state index contributed by atoms with van der Waals surface area (Å²) in [6.07, 6.45) is 0. The van der Waals surface area contributed by atoms with Gasteiger partial charge in [-0.1, -0.05) is 52.3 Å². The predicted molar refractivity (Wildman–Crippen MR) is 126 cm³/mol. The van der Waals surface area contributed by atoms with Gasteiger partial charge in [-0.2, -0.15) is 4.98 Å². The first-order valence-electron chi connectivity index (χ1n) is 10.00. The summed E-state index contributed by atoms with van der Waals surface area (Å²) in [6.45, 7) is 2.76. The third-order valence-electron chi connectivity index (χ3n) is 4.66. The molecule has 0 saturated carbocycles. The number of rotatable bonds is 8. The highest BCUT2D eigenvalue weighted by Crippen LogP contribution is 2.34. The number of nitrogens with zero attached hydrogens (tertiary/aromatic N) is 1. The second-order valence-corrected chi connectivity index (χ2v) is 9.69. The molecule has 0 radical (unpaired) electrons. The predicted octanol–water partition coefficient (Wildman–Crippen LogP) is 5.95. The maximum absolute atomic E-state index is 13.4. The van der Waals surface area contributed by atoms with E-state index in [1.165, 1.54) is 12.1 Å². The lowest BCUT2D eigenvalue weighted by atomic mass is 10.2. The van der Waals surface area contributed by atoms with Gasteiger partial charge in [0.1, 0.15) is 5.75 Å². The van der Waals surface area contributed by atoms with Gasteiger partial charge in [-0.15, -0.1) is 0 Å². The molecule has 0 aliphatic heterocycles. The van der Waals surface area contributed by atoms with Crippen molar-refractivity contribution >= 4 is 31.7 Å². The highest BCUT2D eigenvalue weighted by atomic mass is 79.9. The molecule has 32 heavy (non-hydrogen) atoms. The van der Waals surface area contributed by atoms with Crippen molar-refractivity contribution in [3.63, 3.8) is 0 Å². The second-order valence-electron chi connectivity index (χ2n) is 6.91. The van der Waals surface area contributed by atoms with Crippen molar-refractivity contribution in [2.75, 3.05) is 11.9 Å². The van der Waals surface area contributed by atoms with Gasteiger partial charge in [-0.05, 0) is 55.0 Å². The van der Waals surface area contributed by atoms with E-state index in [1.807, 2.05) is 61.5 Å². The minimum Gasteiger partial charge on any atom is -0.494 e. The fourth-order valence-corrected chi connectivity index (χ4v) is 4.79. The Morgan fingerprint density at radius 1 is 1.00 bits per heavy atom. The van der Waals surface area contributed by atoms with Gasteiger partial charge in [-0.25, -0.2) is 8.42 Å². The molecule has 4 rings (SSSR count). The molecular formula is C24H21BrN2O4S. The molecule has 0 aliphatic rings. The van der Waals surface area contributed by atoms with Crippen LogP contribution < -0.4 is 10.1 Å². The van der Waals surface area contributed by atoms with Gasteiger partial charge in [-0.3, -0.25) is 0 Å². The number of benzene rings is 3. The Bertz CT molecular complexity index is 1300. The van der Waals surface area contributed by atoms with Gasteiger partial charge in [0.05, 0.1) is 11.5 Å². The summed E-state index contributed by atoms with van der Waals surface area (Å²) in [6, 6.07) is 23.3. The monoisotopic (exact) mass is 512 g/mol. The van der Waals surface area contributed by atoms with E-state index in [1.54, 1.807) is 12.1 Å². The van der Waals surface area contributed by atoms with E-state index in [4.69, 9.17) is 9.15 Å². The van der Waals surface area contributed by atoms with E-state index in [0.717, 1.165) is 10.0 Å². The lowest BCUT2D eigenvalue weighted by Gasteiger charge is -2.07. The van der Waals surface area contributed by atoms with Gasteiger partial charge < -0.3 is 14.5 Å². The first-order valence-corrected chi connectivity index (χ1v) is 12.3. The highest BCUT2D eigenvalue weighted by molar-refractivity contribution is 9.10. The normalized spacial score (nSPS) is 11.3. The minimum atomic E-state index is -3.94. The maximum Gasteiger partial charge on any atom is 0.234 e. The van der Waals surface area contributed by atoms with E-state index in [9.17, 15) is 8.42 Å². The van der Waals surface area contributed by atoms with E-state index < -0.39 is 9.84 Å². The molecule has 1 N–H and O–H groups in total. The lowest BCUT2D eigenvalue weighted by Crippen LogP contribution is -2.07. The number of oxazole rings is 1. The fraction of sp³-hybridized carbons (Fsp3) is 0.125. The van der Waals surface area contributed by atoms with Crippen LogP contribution in [0.5, 0.6) is 5.75 Å². The van der Waals surface area contributed by atoms with Crippen molar-refractivity contribution in [2.45, 2.75) is 23.4 Å². The molecule has 4 aromatic rings. The Labute approximate surface area is 195 Å². The van der Waals surface area contributed by atoms with Crippen LogP contribution in [0.1, 0.15) is 12.5 Å². The van der Waals surface area contributed by atoms with Crippen LogP contribution in [0.25, 0.3) is 11.5 Å². The zero-order valence-corrected chi connectivity index (χ0v) is 19.7. The van der Waals surface area contributed by atoms with Crippen LogP contribution in [-0.4, -0.2) is 20.0 Å². The molecule has 6 nitrogen and oxygen atoms in total. The quantitative estimate of drug-likeness (QED) is 0.314. The van der Waals surface area contributed by atoms with E-state index in [0.29, 0.717) is 24.5 Å². The SMILES string of the molecule is CCOc1ccc(S(=O)(=O)c2nc(-c3cccc(Br)c3)oc2NCc2ccccc2)cc1. The molecule has 8 heteroatoms. The average Bonchev–Trinajstić information content (AvgIpc) is 3.24. The van der Waals surface area contributed by atoms with Gasteiger partial charge in [0, 0.05) is 16.6 Å². The van der Waals surface area contributed by atoms with Crippen molar-refractivity contribution in [1.29, 1.82) is 0 Å². The number of halogens is 1. The van der Waals surface area contributed by atoms with Crippen LogP contribution >= 0.6 is 15.9 Å². The number of anilines is 1. The van der Waals surface area contributed by atoms with Gasteiger partial charge >= 0.3 is 0 Å². The van der Waals surface area contributed by atoms with Crippen LogP contribution in [0.2, 0.25) is 0 Å². The Balaban J connectivity index is 1.74. The van der Waals surface area contributed by atoms with Crippen LogP contribution in [-0.2, 0) is 16.4 Å². The first kappa shape index (κ1) is 22.1. The van der Waals surface area contributed by atoms with Crippen molar-refractivity contribution in [1.82, 2.24) is 4.98 Å². The molecular weight excluding hydrogens is 492 g/mol. The van der Waals surface area contributed by atoms with Crippen molar-refractivity contribution in [3.8, 4) is 17.2 Å². The van der Waals surface area contributed by atoms with E-state index in [-0.39, 0.29) is 21.7 Å². The first-order chi connectivity index (χ1) is 15.5. The summed E-state index contributed by atoms with van der Waals surface area (Å²) < 4.78 is 39.0. The van der Waals surface area contributed by atoms with Crippen molar-refractivity contribution < 1.29 is 17.6 Å². The smallest absolute Gasteiger partial charge is 0.234 e. The van der Waals surface area contributed by atoms with Crippen LogP contribution in [0.15, 0.2) is 97.7 Å². The molecule has 0 aliphatic carbocycles. The van der Waals surface area contributed by atoms with Crippen molar-refractivity contribution in [2.24, 2.45) is 0 Å². The number of aromatic nitrogens is 1. The lowest BCUT2D eigenvalue weighted by molar-refractivity contribution is 0.340. The standard InChI is InChI=1S/C24H21BrN2O4S/c1-2-30-20-11-13-21(14-12-20)32(28,29)24-23(26-16-17-7-4-3-5-8-17)31-22(27-24)18-9-6-10-19(25)15-18/h3-15,26H,2,16H2,1H3. The zero-order chi connectivity index (χ0) is 22.6. The van der Waals surface area contributed by atoms with E-state index >= 15 is 0 Å². The number of hydrogen-bond acceptors (Lipinski definition) is 6. The number of nitrogens with one attached hydrogen (secondary N) is 1. The molecule has 0 saturated heterocycles. The van der Waals surface area contributed by atoms with Crippen LogP contribution in [0, 0.1) is 0 Å². The molecule has 0 spiro atoms. The Morgan fingerprint density at radius 2 is 1.75 bits per heavy atom. The largest absolute Gasteiger partial charge is 0.494 e. The van der Waals surface area contributed by atoms with E-state index in [2.05, 4.69) is 26.2 Å². The Morgan fingerprint density at radius 3 is 2.44 bits per heavy atom. The Hall–Kier alpha value is -3.10. The zero-order valence-electron chi connectivity index (χ0n) is 17.3. The number of ether oxygens (including phenoxy) is 1. The van der Waals surface area contributed by atoms with Gasteiger partial charge in [0.2, 0.25) is 26.6 Å². The molecule has 1 aromatic heterocycles. The van der Waals surface area contributed by atoms with Gasteiger partial charge in [0.25, 0.3) is 0 Å². The number of hydrogen-bond donors (Lipinski definition) is 1. The maximum atomic E-state index is 13.4. The minimum absolute atomic E-state index is 0.0951. The van der Waals surface area contributed by atoms with Crippen molar-refractivity contribution in [3.05, 3.63) is 88.9 Å². The van der Waals surface area contributed by atoms with Crippen LogP contribution in [0.3, 0.4) is 0 Å². The molecule has 1 heterocycles. The third-order valence-corrected chi connectivity index (χ3v) is 6.83. The van der Waals surface area contributed by atoms with Crippen LogP contribution in [0.4, 0.5) is 5.88 Å². The average molecular weight is 513 g/mol. The highest BCUT2D eigenvalue weighted by Gasteiger charge is 2.28. The van der Waals surface area contributed by atoms with Gasteiger partial charge in [0.15, 0.2) is 0 Å². The number of sulfone groups is 1. The molecule has 3 aromatic carbocycles. The summed E-state index contributed by atoms with van der Waals surface area (Å²) in [5, 5.41) is 2.94. The molecule has 0 amide bonds. The summed E-state index contributed by atoms with van der Waals surface area (Å²) in [4.78, 5) is 4.48. The summed E-state index contributed by atoms with van der Waals surface area (Å²) in [7, 11) is -3.94. The summed E-state index contributed by atoms with van der Waals surface area (Å²) in [5.74, 6) is 0.910. The molecule has 164 valence electrons. The molecule has 0 bridgehead atoms.